The fourth-order valence-electron chi connectivity index (χ4n) is 3.01. The molecule has 5 heteroatoms. The second-order valence-electron chi connectivity index (χ2n) is 6.93. The van der Waals surface area contributed by atoms with Crippen molar-refractivity contribution >= 4 is 11.9 Å². The highest BCUT2D eigenvalue weighted by molar-refractivity contribution is 5.86. The molecule has 0 aromatic carbocycles. The first-order chi connectivity index (χ1) is 9.81. The van der Waals surface area contributed by atoms with Crippen LogP contribution in [0.1, 0.15) is 65.7 Å². The molecular formula is C16H30N2O3. The van der Waals surface area contributed by atoms with Gasteiger partial charge in [0.1, 0.15) is 0 Å². The quantitative estimate of drug-likeness (QED) is 0.610. The average molecular weight is 298 g/mol. The minimum Gasteiger partial charge on any atom is -0.481 e. The number of rotatable bonds is 9. The minimum absolute atomic E-state index is 0.0628. The first-order valence-corrected chi connectivity index (χ1v) is 8.06. The lowest BCUT2D eigenvalue weighted by atomic mass is 9.84. The Morgan fingerprint density at radius 3 is 2.57 bits per heavy atom. The summed E-state index contributed by atoms with van der Waals surface area (Å²) in [5, 5.41) is 15.2. The summed E-state index contributed by atoms with van der Waals surface area (Å²) in [7, 11) is 0. The number of aliphatic carboxylic acids is 1. The fourth-order valence-corrected chi connectivity index (χ4v) is 3.01. The summed E-state index contributed by atoms with van der Waals surface area (Å²) in [4.78, 5) is 23.1. The zero-order valence-corrected chi connectivity index (χ0v) is 13.6. The van der Waals surface area contributed by atoms with Gasteiger partial charge in [0.05, 0.1) is 5.54 Å². The van der Waals surface area contributed by atoms with E-state index in [2.05, 4.69) is 31.4 Å². The van der Waals surface area contributed by atoms with E-state index >= 15 is 0 Å². The van der Waals surface area contributed by atoms with E-state index in [0.717, 1.165) is 38.6 Å². The SMILES string of the molecule is CCCC1(C(=O)NCCC(C)(C)CCC(=O)O)CCCN1. The Bertz CT molecular complexity index is 361. The maximum absolute atomic E-state index is 12.4. The van der Waals surface area contributed by atoms with Gasteiger partial charge in [0.2, 0.25) is 5.91 Å². The number of nitrogens with one attached hydrogen (secondary N) is 2. The Morgan fingerprint density at radius 1 is 1.33 bits per heavy atom. The van der Waals surface area contributed by atoms with Crippen molar-refractivity contribution in [3.63, 3.8) is 0 Å². The largest absolute Gasteiger partial charge is 0.481 e. The van der Waals surface area contributed by atoms with E-state index in [-0.39, 0.29) is 23.3 Å². The molecule has 0 aromatic heterocycles. The summed E-state index contributed by atoms with van der Waals surface area (Å²) < 4.78 is 0. The lowest BCUT2D eigenvalue weighted by molar-refractivity contribution is -0.137. The number of amides is 1. The molecular weight excluding hydrogens is 268 g/mol. The lowest BCUT2D eigenvalue weighted by Gasteiger charge is -2.29. The highest BCUT2D eigenvalue weighted by Crippen LogP contribution is 2.27. The Morgan fingerprint density at radius 2 is 2.05 bits per heavy atom. The van der Waals surface area contributed by atoms with Crippen LogP contribution in [0.25, 0.3) is 0 Å². The van der Waals surface area contributed by atoms with Gasteiger partial charge < -0.3 is 15.7 Å². The highest BCUT2D eigenvalue weighted by atomic mass is 16.4. The van der Waals surface area contributed by atoms with E-state index in [1.54, 1.807) is 0 Å². The molecule has 5 nitrogen and oxygen atoms in total. The van der Waals surface area contributed by atoms with Crippen molar-refractivity contribution in [3.05, 3.63) is 0 Å². The smallest absolute Gasteiger partial charge is 0.303 e. The molecule has 1 unspecified atom stereocenters. The summed E-state index contributed by atoms with van der Waals surface area (Å²) >= 11 is 0. The molecule has 0 radical (unpaired) electrons. The molecule has 3 N–H and O–H groups in total. The van der Waals surface area contributed by atoms with Gasteiger partial charge in [-0.15, -0.1) is 0 Å². The molecule has 1 fully saturated rings. The monoisotopic (exact) mass is 298 g/mol. The van der Waals surface area contributed by atoms with Gasteiger partial charge in [-0.1, -0.05) is 27.2 Å². The maximum Gasteiger partial charge on any atom is 0.303 e. The van der Waals surface area contributed by atoms with E-state index in [4.69, 9.17) is 5.11 Å². The van der Waals surface area contributed by atoms with Crippen LogP contribution in [-0.2, 0) is 9.59 Å². The highest BCUT2D eigenvalue weighted by Gasteiger charge is 2.39. The van der Waals surface area contributed by atoms with Crippen LogP contribution >= 0.6 is 0 Å². The third-order valence-electron chi connectivity index (χ3n) is 4.46. The zero-order valence-electron chi connectivity index (χ0n) is 13.6. The van der Waals surface area contributed by atoms with E-state index in [9.17, 15) is 9.59 Å². The Balaban J connectivity index is 2.40. The second kappa shape index (κ2) is 7.78. The zero-order chi connectivity index (χ0) is 15.9. The van der Waals surface area contributed by atoms with Gasteiger partial charge in [-0.05, 0) is 44.1 Å². The molecule has 0 spiro atoms. The number of carboxylic acids is 1. The minimum atomic E-state index is -0.760. The molecule has 0 aliphatic carbocycles. The van der Waals surface area contributed by atoms with Crippen molar-refractivity contribution in [1.82, 2.24) is 10.6 Å². The van der Waals surface area contributed by atoms with Crippen molar-refractivity contribution in [2.24, 2.45) is 5.41 Å². The van der Waals surface area contributed by atoms with Crippen LogP contribution in [0.3, 0.4) is 0 Å². The van der Waals surface area contributed by atoms with Crippen molar-refractivity contribution in [1.29, 1.82) is 0 Å². The topological polar surface area (TPSA) is 78.4 Å². The molecule has 21 heavy (non-hydrogen) atoms. The number of carbonyl (C=O) groups excluding carboxylic acids is 1. The molecule has 1 heterocycles. The Labute approximate surface area is 127 Å². The van der Waals surface area contributed by atoms with Crippen molar-refractivity contribution < 1.29 is 14.7 Å². The van der Waals surface area contributed by atoms with E-state index in [0.29, 0.717) is 13.0 Å². The Kier molecular flexibility index (Phi) is 6.65. The predicted molar refractivity (Wildman–Crippen MR) is 83.2 cm³/mol. The van der Waals surface area contributed by atoms with Crippen LogP contribution in [0.5, 0.6) is 0 Å². The van der Waals surface area contributed by atoms with Crippen molar-refractivity contribution in [3.8, 4) is 0 Å². The van der Waals surface area contributed by atoms with Gasteiger partial charge in [0, 0.05) is 13.0 Å². The van der Waals surface area contributed by atoms with E-state index in [1.807, 2.05) is 0 Å². The first-order valence-electron chi connectivity index (χ1n) is 8.06. The third-order valence-corrected chi connectivity index (χ3v) is 4.46. The van der Waals surface area contributed by atoms with Crippen LogP contribution in [0.2, 0.25) is 0 Å². The van der Waals surface area contributed by atoms with E-state index in [1.165, 1.54) is 0 Å². The van der Waals surface area contributed by atoms with Gasteiger partial charge in [-0.25, -0.2) is 0 Å². The van der Waals surface area contributed by atoms with Gasteiger partial charge in [0.15, 0.2) is 0 Å². The normalized spacial score (nSPS) is 22.2. The molecule has 1 rings (SSSR count). The van der Waals surface area contributed by atoms with Gasteiger partial charge in [-0.3, -0.25) is 9.59 Å². The molecule has 1 saturated heterocycles. The van der Waals surface area contributed by atoms with Crippen molar-refractivity contribution in [2.75, 3.05) is 13.1 Å². The summed E-state index contributed by atoms with van der Waals surface area (Å²) in [6, 6.07) is 0. The second-order valence-corrected chi connectivity index (χ2v) is 6.93. The summed E-state index contributed by atoms with van der Waals surface area (Å²) in [6.07, 6.45) is 5.45. The number of carbonyl (C=O) groups is 2. The molecule has 1 atom stereocenters. The van der Waals surface area contributed by atoms with Crippen LogP contribution in [0.4, 0.5) is 0 Å². The van der Waals surface area contributed by atoms with Crippen LogP contribution in [0.15, 0.2) is 0 Å². The van der Waals surface area contributed by atoms with Gasteiger partial charge >= 0.3 is 5.97 Å². The lowest BCUT2D eigenvalue weighted by Crippen LogP contribution is -2.53. The first kappa shape index (κ1) is 18.0. The summed E-state index contributed by atoms with van der Waals surface area (Å²) in [5.74, 6) is -0.653. The average Bonchev–Trinajstić information content (AvgIpc) is 2.86. The fraction of sp³-hybridized carbons (Fsp3) is 0.875. The summed E-state index contributed by atoms with van der Waals surface area (Å²) in [5.41, 5.74) is -0.438. The molecule has 0 bridgehead atoms. The number of hydrogen-bond donors (Lipinski definition) is 3. The molecule has 1 amide bonds. The van der Waals surface area contributed by atoms with Crippen LogP contribution in [0, 0.1) is 5.41 Å². The van der Waals surface area contributed by atoms with Gasteiger partial charge in [-0.2, -0.15) is 0 Å². The molecule has 1 aliphatic rings. The van der Waals surface area contributed by atoms with Crippen LogP contribution in [-0.4, -0.2) is 35.6 Å². The molecule has 0 saturated carbocycles. The van der Waals surface area contributed by atoms with Crippen LogP contribution < -0.4 is 10.6 Å². The maximum atomic E-state index is 12.4. The summed E-state index contributed by atoms with van der Waals surface area (Å²) in [6.45, 7) is 7.73. The number of carboxylic acid groups (broad SMARTS) is 1. The molecule has 122 valence electrons. The predicted octanol–water partition coefficient (Wildman–Crippen LogP) is 2.31. The molecule has 0 aromatic rings. The third kappa shape index (κ3) is 5.65. The Hall–Kier alpha value is -1.10. The standard InChI is InChI=1S/C16H30N2O3/c1-4-7-16(8-5-11-18-16)14(21)17-12-10-15(2,3)9-6-13(19)20/h18H,4-12H2,1-3H3,(H,17,21)(H,19,20). The van der Waals surface area contributed by atoms with E-state index < -0.39 is 5.97 Å². The van der Waals surface area contributed by atoms with Gasteiger partial charge in [0.25, 0.3) is 0 Å². The molecule has 1 aliphatic heterocycles. The number of hydrogen-bond acceptors (Lipinski definition) is 3. The van der Waals surface area contributed by atoms with Crippen molar-refractivity contribution in [2.45, 2.75) is 71.3 Å².